The quantitative estimate of drug-likeness (QED) is 0.109. The molecule has 0 bridgehead atoms. The minimum absolute atomic E-state index is 0.0987. The van der Waals surface area contributed by atoms with Gasteiger partial charge in [-0.25, -0.2) is 39.5 Å². The van der Waals surface area contributed by atoms with Crippen LogP contribution in [0.5, 0.6) is 5.75 Å². The first-order chi connectivity index (χ1) is 30.0. The minimum Gasteiger partial charge on any atom is -0.429 e. The van der Waals surface area contributed by atoms with E-state index in [0.717, 1.165) is 41.5 Å². The van der Waals surface area contributed by atoms with Crippen LogP contribution in [0.4, 0.5) is 48.3 Å². The second-order valence-corrected chi connectivity index (χ2v) is 16.7. The van der Waals surface area contributed by atoms with E-state index in [1.807, 2.05) is 31.2 Å². The van der Waals surface area contributed by atoms with Crippen molar-refractivity contribution in [1.82, 2.24) is 0 Å². The molecule has 8 rings (SSSR count). The predicted molar refractivity (Wildman–Crippen MR) is 220 cm³/mol. The zero-order valence-corrected chi connectivity index (χ0v) is 34.3. The van der Waals surface area contributed by atoms with E-state index >= 15 is 0 Å². The van der Waals surface area contributed by atoms with E-state index in [-0.39, 0.29) is 23.3 Å². The number of hydrogen-bond acceptors (Lipinski definition) is 1. The normalized spacial score (nSPS) is 19.0. The molecule has 2 saturated carbocycles. The Labute approximate surface area is 358 Å². The molecule has 12 heteroatoms. The van der Waals surface area contributed by atoms with Gasteiger partial charge in [0.1, 0.15) is 28.8 Å². The molecule has 6 aromatic rings. The van der Waals surface area contributed by atoms with Gasteiger partial charge < -0.3 is 4.74 Å². The molecule has 0 saturated heterocycles. The van der Waals surface area contributed by atoms with Gasteiger partial charge in [-0.2, -0.15) is 8.78 Å². The molecule has 6 aromatic carbocycles. The van der Waals surface area contributed by atoms with Crippen LogP contribution in [0.2, 0.25) is 0 Å². The van der Waals surface area contributed by atoms with Gasteiger partial charge in [-0.05, 0) is 133 Å². The Balaban J connectivity index is 0.000000193. The Morgan fingerprint density at radius 1 is 0.444 bits per heavy atom. The van der Waals surface area contributed by atoms with E-state index in [2.05, 4.69) is 23.8 Å². The number of rotatable bonds is 8. The first-order valence-corrected chi connectivity index (χ1v) is 20.8. The summed E-state index contributed by atoms with van der Waals surface area (Å²) in [5.41, 5.74) is 2.08. The molecule has 2 aliphatic rings. The highest BCUT2D eigenvalue weighted by atomic mass is 19.3. The summed E-state index contributed by atoms with van der Waals surface area (Å²) in [6, 6.07) is 22.3. The van der Waals surface area contributed by atoms with Gasteiger partial charge in [0.25, 0.3) is 0 Å². The number of ether oxygens (including phenoxy) is 1. The molecule has 0 radical (unpaired) electrons. The molecule has 63 heavy (non-hydrogen) atoms. The SMILES string of the molecule is CC1CCC(C2CCC(c3ccc(-c4cc(F)c(F)c(F)c4)cc3)CC2)CC1.Cc1ccc(-c2ccc(-c3cc(F)c(C(F)(F)Oc4cc(F)c(F)c(F)c4)c(F)c3)c(F)c2)cc1. The standard InChI is InChI=1S/C26H14F8O.C25H29F3/c1-13-2-4-14(5-3-13)15-6-7-18(19(27)8-15)16-9-20(28)24(21(29)10-16)26(33,34)35-17-11-22(30)25(32)23(31)12-17;1-16-2-4-17(5-3-16)18-6-8-19(9-7-18)20-10-12-21(13-11-20)22-14-23(26)25(28)24(27)15-22/h2-12H,1H3;10-19H,2-9H2,1H3. The summed E-state index contributed by atoms with van der Waals surface area (Å²) in [4.78, 5) is 0. The second kappa shape index (κ2) is 19.0. The molecule has 0 aromatic heterocycles. The first kappa shape index (κ1) is 45.4. The van der Waals surface area contributed by atoms with Gasteiger partial charge >= 0.3 is 6.11 Å². The Morgan fingerprint density at radius 2 is 0.873 bits per heavy atom. The van der Waals surface area contributed by atoms with Gasteiger partial charge in [0.2, 0.25) is 0 Å². The lowest BCUT2D eigenvalue weighted by atomic mass is 9.68. The zero-order valence-electron chi connectivity index (χ0n) is 34.3. The predicted octanol–water partition coefficient (Wildman–Crippen LogP) is 16.2. The highest BCUT2D eigenvalue weighted by Crippen LogP contribution is 2.44. The van der Waals surface area contributed by atoms with Gasteiger partial charge in [0, 0.05) is 17.7 Å². The lowest BCUT2D eigenvalue weighted by molar-refractivity contribution is -0.189. The van der Waals surface area contributed by atoms with Crippen molar-refractivity contribution >= 4 is 0 Å². The van der Waals surface area contributed by atoms with Crippen molar-refractivity contribution in [3.05, 3.63) is 172 Å². The van der Waals surface area contributed by atoms with Crippen LogP contribution in [-0.4, -0.2) is 0 Å². The van der Waals surface area contributed by atoms with Gasteiger partial charge in [-0.1, -0.05) is 86.0 Å². The molecule has 0 heterocycles. The van der Waals surface area contributed by atoms with E-state index in [1.54, 1.807) is 12.1 Å². The third-order valence-electron chi connectivity index (χ3n) is 12.4. The molecule has 2 aliphatic carbocycles. The average Bonchev–Trinajstić information content (AvgIpc) is 3.25. The van der Waals surface area contributed by atoms with E-state index in [4.69, 9.17) is 0 Å². The minimum atomic E-state index is -4.74. The highest BCUT2D eigenvalue weighted by molar-refractivity contribution is 5.71. The highest BCUT2D eigenvalue weighted by Gasteiger charge is 2.42. The largest absolute Gasteiger partial charge is 0.432 e. The third kappa shape index (κ3) is 10.4. The van der Waals surface area contributed by atoms with Crippen LogP contribution >= 0.6 is 0 Å². The Bertz CT molecular complexity index is 2490. The molecule has 0 aliphatic heterocycles. The Kier molecular flexibility index (Phi) is 13.7. The topological polar surface area (TPSA) is 9.23 Å². The molecule has 0 atom stereocenters. The van der Waals surface area contributed by atoms with Crippen molar-refractivity contribution in [1.29, 1.82) is 0 Å². The summed E-state index contributed by atoms with van der Waals surface area (Å²) in [5.74, 6) is -11.6. The Morgan fingerprint density at radius 3 is 1.40 bits per heavy atom. The summed E-state index contributed by atoms with van der Waals surface area (Å²) < 4.78 is 157. The van der Waals surface area contributed by atoms with Gasteiger partial charge in [-0.3, -0.25) is 0 Å². The van der Waals surface area contributed by atoms with Gasteiger partial charge in [-0.15, -0.1) is 0 Å². The van der Waals surface area contributed by atoms with Crippen molar-refractivity contribution in [3.8, 4) is 39.1 Å². The molecule has 0 spiro atoms. The van der Waals surface area contributed by atoms with E-state index in [1.165, 1.54) is 69.1 Å². The summed E-state index contributed by atoms with van der Waals surface area (Å²) in [6.07, 6.45) is 5.99. The van der Waals surface area contributed by atoms with Crippen LogP contribution in [-0.2, 0) is 6.11 Å². The van der Waals surface area contributed by atoms with Crippen molar-refractivity contribution in [3.63, 3.8) is 0 Å². The third-order valence-corrected chi connectivity index (χ3v) is 12.4. The fraction of sp³-hybridized carbons (Fsp3) is 0.294. The second-order valence-electron chi connectivity index (χ2n) is 16.7. The smallest absolute Gasteiger partial charge is 0.429 e. The van der Waals surface area contributed by atoms with E-state index < -0.39 is 69.8 Å². The Hall–Kier alpha value is -5.65. The molecule has 330 valence electrons. The maximum atomic E-state index is 14.8. The fourth-order valence-electron chi connectivity index (χ4n) is 8.82. The zero-order chi connectivity index (χ0) is 45.2. The lowest BCUT2D eigenvalue weighted by Crippen LogP contribution is -2.25. The van der Waals surface area contributed by atoms with Crippen LogP contribution in [0.15, 0.2) is 103 Å². The first-order valence-electron chi connectivity index (χ1n) is 20.8. The monoisotopic (exact) mass is 880 g/mol. The maximum absolute atomic E-state index is 14.8. The van der Waals surface area contributed by atoms with Crippen molar-refractivity contribution in [2.45, 2.75) is 77.2 Å². The number of alkyl halides is 2. The lowest BCUT2D eigenvalue weighted by Gasteiger charge is -2.37. The molecular weight excluding hydrogens is 838 g/mol. The summed E-state index contributed by atoms with van der Waals surface area (Å²) in [6.45, 7) is 4.26. The van der Waals surface area contributed by atoms with Crippen LogP contribution < -0.4 is 4.74 Å². The summed E-state index contributed by atoms with van der Waals surface area (Å²) >= 11 is 0. The van der Waals surface area contributed by atoms with Crippen LogP contribution in [0, 0.1) is 77.0 Å². The molecular formula is C51H43F11O. The number of benzene rings is 6. The molecule has 1 nitrogen and oxygen atoms in total. The van der Waals surface area contributed by atoms with Crippen molar-refractivity contribution < 1.29 is 53.0 Å². The van der Waals surface area contributed by atoms with Gasteiger partial charge in [0.15, 0.2) is 34.9 Å². The van der Waals surface area contributed by atoms with Crippen LogP contribution in [0.3, 0.4) is 0 Å². The number of halogens is 11. The fourth-order valence-corrected chi connectivity index (χ4v) is 8.82. The summed E-state index contributed by atoms with van der Waals surface area (Å²) in [5, 5.41) is 0. The average molecular weight is 881 g/mol. The van der Waals surface area contributed by atoms with E-state index in [0.29, 0.717) is 40.3 Å². The molecule has 0 amide bonds. The summed E-state index contributed by atoms with van der Waals surface area (Å²) in [7, 11) is 0. The number of hydrogen-bond donors (Lipinski definition) is 0. The van der Waals surface area contributed by atoms with E-state index in [9.17, 15) is 48.3 Å². The molecule has 2 fully saturated rings. The van der Waals surface area contributed by atoms with Crippen molar-refractivity contribution in [2.75, 3.05) is 0 Å². The maximum Gasteiger partial charge on any atom is 0.432 e. The number of aryl methyl sites for hydroxylation is 1. The van der Waals surface area contributed by atoms with Crippen LogP contribution in [0.1, 0.15) is 80.9 Å². The van der Waals surface area contributed by atoms with Crippen molar-refractivity contribution in [2.24, 2.45) is 17.8 Å². The molecule has 0 unspecified atom stereocenters. The van der Waals surface area contributed by atoms with Crippen LogP contribution in [0.25, 0.3) is 33.4 Å². The van der Waals surface area contributed by atoms with Gasteiger partial charge in [0.05, 0.1) is 0 Å². The molecule has 0 N–H and O–H groups in total.